The first-order valence-corrected chi connectivity index (χ1v) is 9.88. The molecule has 2 aromatic carbocycles. The Bertz CT molecular complexity index is 1330. The lowest BCUT2D eigenvalue weighted by atomic mass is 9.98. The van der Waals surface area contributed by atoms with Crippen molar-refractivity contribution < 1.29 is 13.6 Å². The van der Waals surface area contributed by atoms with Gasteiger partial charge in [0.2, 0.25) is 10.9 Å². The maximum Gasteiger partial charge on any atom is 0.297 e. The molecule has 1 atom stereocenters. The van der Waals surface area contributed by atoms with E-state index in [1.54, 1.807) is 42.5 Å². The van der Waals surface area contributed by atoms with Crippen molar-refractivity contribution in [2.75, 3.05) is 4.90 Å². The van der Waals surface area contributed by atoms with Crippen LogP contribution in [0.2, 0.25) is 0 Å². The van der Waals surface area contributed by atoms with Gasteiger partial charge in [0.15, 0.2) is 5.43 Å². The van der Waals surface area contributed by atoms with E-state index in [-0.39, 0.29) is 22.3 Å². The van der Waals surface area contributed by atoms with Gasteiger partial charge in [-0.15, -0.1) is 10.2 Å². The highest BCUT2D eigenvalue weighted by molar-refractivity contribution is 7.15. The monoisotopic (exact) mass is 407 g/mol. The van der Waals surface area contributed by atoms with Crippen LogP contribution in [0, 0.1) is 5.82 Å². The Balaban J connectivity index is 1.83. The van der Waals surface area contributed by atoms with E-state index in [0.29, 0.717) is 22.5 Å². The highest BCUT2D eigenvalue weighted by atomic mass is 32.1. The molecule has 1 unspecified atom stereocenters. The maximum atomic E-state index is 14.8. The number of benzene rings is 2. The molecule has 5 rings (SSSR count). The van der Waals surface area contributed by atoms with Crippen LogP contribution in [0.5, 0.6) is 0 Å². The zero-order chi connectivity index (χ0) is 20.1. The number of fused-ring (bicyclic) bond motifs is 2. The molecular weight excluding hydrogens is 393 g/mol. The minimum atomic E-state index is -0.975. The molecule has 0 spiro atoms. The fourth-order valence-electron chi connectivity index (χ4n) is 3.59. The summed E-state index contributed by atoms with van der Waals surface area (Å²) in [7, 11) is 0. The van der Waals surface area contributed by atoms with Crippen molar-refractivity contribution in [2.45, 2.75) is 19.4 Å². The van der Waals surface area contributed by atoms with Crippen LogP contribution < -0.4 is 10.3 Å². The maximum absolute atomic E-state index is 14.8. The van der Waals surface area contributed by atoms with Crippen LogP contribution in [0.4, 0.5) is 9.52 Å². The first kappa shape index (κ1) is 17.7. The molecule has 0 aliphatic carbocycles. The molecule has 8 heteroatoms. The Morgan fingerprint density at radius 3 is 2.62 bits per heavy atom. The highest BCUT2D eigenvalue weighted by Gasteiger charge is 2.46. The van der Waals surface area contributed by atoms with Crippen LogP contribution in [0.3, 0.4) is 0 Å². The Kier molecular flexibility index (Phi) is 4.02. The fourth-order valence-corrected chi connectivity index (χ4v) is 4.40. The molecule has 0 N–H and O–H groups in total. The van der Waals surface area contributed by atoms with Gasteiger partial charge in [0.25, 0.3) is 5.91 Å². The molecule has 1 aliphatic heterocycles. The fraction of sp³-hybridized carbons (Fsp3) is 0.143. The molecule has 1 amide bonds. The molecule has 144 valence electrons. The van der Waals surface area contributed by atoms with Crippen molar-refractivity contribution in [3.63, 3.8) is 0 Å². The number of aryl methyl sites for hydroxylation is 1. The number of aromatic nitrogens is 2. The predicted molar refractivity (Wildman–Crippen MR) is 107 cm³/mol. The second-order valence-corrected chi connectivity index (χ2v) is 7.64. The molecule has 6 nitrogen and oxygen atoms in total. The molecule has 29 heavy (non-hydrogen) atoms. The second-order valence-electron chi connectivity index (χ2n) is 6.60. The summed E-state index contributed by atoms with van der Waals surface area (Å²) in [5, 5.41) is 9.57. The number of anilines is 1. The number of halogens is 1. The van der Waals surface area contributed by atoms with Gasteiger partial charge in [-0.1, -0.05) is 48.6 Å². The van der Waals surface area contributed by atoms with Gasteiger partial charge in [0.1, 0.15) is 22.4 Å². The first-order valence-electron chi connectivity index (χ1n) is 9.06. The van der Waals surface area contributed by atoms with Crippen LogP contribution >= 0.6 is 11.3 Å². The van der Waals surface area contributed by atoms with Crippen molar-refractivity contribution in [2.24, 2.45) is 0 Å². The lowest BCUT2D eigenvalue weighted by Crippen LogP contribution is -2.30. The summed E-state index contributed by atoms with van der Waals surface area (Å²) in [6, 6.07) is 11.8. The summed E-state index contributed by atoms with van der Waals surface area (Å²) >= 11 is 1.24. The number of hydrogen-bond acceptors (Lipinski definition) is 6. The van der Waals surface area contributed by atoms with Crippen molar-refractivity contribution >= 4 is 33.3 Å². The topological polar surface area (TPSA) is 76.3 Å². The van der Waals surface area contributed by atoms with Gasteiger partial charge in [-0.3, -0.25) is 14.5 Å². The largest absolute Gasteiger partial charge is 0.450 e. The van der Waals surface area contributed by atoms with E-state index in [1.165, 1.54) is 22.3 Å². The first-order chi connectivity index (χ1) is 14.1. The van der Waals surface area contributed by atoms with E-state index in [1.807, 2.05) is 6.92 Å². The van der Waals surface area contributed by atoms with E-state index >= 15 is 0 Å². The SMILES string of the molecule is CCc1nnc(N2C(=O)c3oc4ccccc4c(=O)c3C2c2ccccc2F)s1. The van der Waals surface area contributed by atoms with Crippen LogP contribution in [0.25, 0.3) is 11.0 Å². The molecule has 2 aromatic heterocycles. The molecule has 0 saturated heterocycles. The average molecular weight is 407 g/mol. The summed E-state index contributed by atoms with van der Waals surface area (Å²) < 4.78 is 20.6. The summed E-state index contributed by atoms with van der Waals surface area (Å²) in [5.41, 5.74) is 0.277. The standard InChI is InChI=1S/C21H14FN3O3S/c1-2-15-23-24-21(29-15)25-17(11-7-3-5-9-13(11)22)16-18(26)12-8-4-6-10-14(12)28-19(16)20(25)27/h3-10,17H,2H2,1H3. The number of nitrogens with zero attached hydrogens (tertiary/aromatic N) is 3. The Hall–Kier alpha value is -3.39. The van der Waals surface area contributed by atoms with Gasteiger partial charge in [-0.2, -0.15) is 0 Å². The third kappa shape index (κ3) is 2.60. The van der Waals surface area contributed by atoms with E-state index in [9.17, 15) is 14.0 Å². The van der Waals surface area contributed by atoms with E-state index in [4.69, 9.17) is 4.42 Å². The van der Waals surface area contributed by atoms with E-state index in [0.717, 1.165) is 5.01 Å². The van der Waals surface area contributed by atoms with Crippen LogP contribution in [-0.2, 0) is 6.42 Å². The normalized spacial score (nSPS) is 15.9. The zero-order valence-corrected chi connectivity index (χ0v) is 16.1. The summed E-state index contributed by atoms with van der Waals surface area (Å²) in [6.07, 6.45) is 0.651. The Morgan fingerprint density at radius 1 is 1.10 bits per heavy atom. The molecule has 0 radical (unpaired) electrons. The second kappa shape index (κ2) is 6.59. The number of carbonyl (C=O) groups is 1. The van der Waals surface area contributed by atoms with Crippen LogP contribution in [0.15, 0.2) is 57.7 Å². The molecule has 0 saturated carbocycles. The van der Waals surface area contributed by atoms with Gasteiger partial charge < -0.3 is 4.42 Å². The van der Waals surface area contributed by atoms with Crippen molar-refractivity contribution in [3.8, 4) is 0 Å². The molecule has 0 bridgehead atoms. The number of hydrogen-bond donors (Lipinski definition) is 0. The van der Waals surface area contributed by atoms with Crippen molar-refractivity contribution in [3.05, 3.63) is 86.5 Å². The van der Waals surface area contributed by atoms with Crippen molar-refractivity contribution in [1.82, 2.24) is 10.2 Å². The lowest BCUT2D eigenvalue weighted by Gasteiger charge is -2.22. The molecule has 1 aliphatic rings. The number of amides is 1. The smallest absolute Gasteiger partial charge is 0.297 e. The number of rotatable bonds is 3. The van der Waals surface area contributed by atoms with Crippen LogP contribution in [-0.4, -0.2) is 16.1 Å². The summed E-state index contributed by atoms with van der Waals surface area (Å²) in [6.45, 7) is 1.93. The molecule has 4 aromatic rings. The summed E-state index contributed by atoms with van der Waals surface area (Å²) in [5.74, 6) is -1.14. The minimum Gasteiger partial charge on any atom is -0.450 e. The van der Waals surface area contributed by atoms with E-state index in [2.05, 4.69) is 10.2 Å². The lowest BCUT2D eigenvalue weighted by molar-refractivity contribution is 0.0970. The van der Waals surface area contributed by atoms with Gasteiger partial charge >= 0.3 is 0 Å². The summed E-state index contributed by atoms with van der Waals surface area (Å²) in [4.78, 5) is 27.9. The Labute approximate surface area is 168 Å². The third-order valence-electron chi connectivity index (χ3n) is 4.94. The van der Waals surface area contributed by atoms with Crippen molar-refractivity contribution in [1.29, 1.82) is 0 Å². The average Bonchev–Trinajstić information content (AvgIpc) is 3.31. The third-order valence-corrected chi connectivity index (χ3v) is 6.01. The quantitative estimate of drug-likeness (QED) is 0.511. The van der Waals surface area contributed by atoms with Gasteiger partial charge in [0, 0.05) is 5.56 Å². The predicted octanol–water partition coefficient (Wildman–Crippen LogP) is 4.10. The van der Waals surface area contributed by atoms with Gasteiger partial charge in [0.05, 0.1) is 10.9 Å². The van der Waals surface area contributed by atoms with Gasteiger partial charge in [-0.05, 0) is 24.6 Å². The van der Waals surface area contributed by atoms with E-state index < -0.39 is 17.8 Å². The van der Waals surface area contributed by atoms with Crippen LogP contribution in [0.1, 0.15) is 39.7 Å². The van der Waals surface area contributed by atoms with Gasteiger partial charge in [-0.25, -0.2) is 4.39 Å². The number of carbonyl (C=O) groups excluding carboxylic acids is 1. The minimum absolute atomic E-state index is 0.0878. The Morgan fingerprint density at radius 2 is 1.86 bits per heavy atom. The zero-order valence-electron chi connectivity index (χ0n) is 15.3. The molecule has 3 heterocycles. The number of para-hydroxylation sites is 1. The molecule has 0 fully saturated rings. The highest BCUT2D eigenvalue weighted by Crippen LogP contribution is 2.42. The molecular formula is C21H14FN3O3S.